The lowest BCUT2D eigenvalue weighted by Crippen LogP contribution is -2.39. The Balaban J connectivity index is 1.52. The first-order valence-corrected chi connectivity index (χ1v) is 8.79. The lowest BCUT2D eigenvalue weighted by atomic mass is 10.1. The van der Waals surface area contributed by atoms with Crippen LogP contribution in [0.4, 0.5) is 5.69 Å². The highest BCUT2D eigenvalue weighted by Crippen LogP contribution is 2.23. The monoisotopic (exact) mass is 382 g/mol. The summed E-state index contributed by atoms with van der Waals surface area (Å²) in [4.78, 5) is 38.5. The second kappa shape index (κ2) is 6.89. The van der Waals surface area contributed by atoms with E-state index in [0.717, 1.165) is 0 Å². The standard InChI is InChI=1S/C20H15ClN2O4/c21-13-5-7-15(8-6-13)23-11-14(10-18(23)24)22-19(25)16-9-12-3-1-2-4-17(12)27-20(16)26/h1-9,14H,10-11H2,(H,22,25)/t14-/m0/s1. The zero-order valence-corrected chi connectivity index (χ0v) is 14.9. The number of nitrogens with one attached hydrogen (secondary N) is 1. The molecule has 27 heavy (non-hydrogen) atoms. The minimum Gasteiger partial charge on any atom is -0.422 e. The van der Waals surface area contributed by atoms with Crippen molar-refractivity contribution in [2.45, 2.75) is 12.5 Å². The van der Waals surface area contributed by atoms with Gasteiger partial charge >= 0.3 is 5.63 Å². The van der Waals surface area contributed by atoms with Gasteiger partial charge in [0.1, 0.15) is 11.1 Å². The molecule has 1 fully saturated rings. The van der Waals surface area contributed by atoms with E-state index in [9.17, 15) is 14.4 Å². The SMILES string of the molecule is O=C(N[C@H]1CC(=O)N(c2ccc(Cl)cc2)C1)c1cc2ccccc2oc1=O. The Morgan fingerprint density at radius 2 is 1.85 bits per heavy atom. The molecule has 0 radical (unpaired) electrons. The van der Waals surface area contributed by atoms with Crippen LogP contribution in [0.25, 0.3) is 11.0 Å². The number of anilines is 1. The summed E-state index contributed by atoms with van der Waals surface area (Å²) in [7, 11) is 0. The van der Waals surface area contributed by atoms with Gasteiger partial charge in [0.2, 0.25) is 5.91 Å². The Morgan fingerprint density at radius 1 is 1.11 bits per heavy atom. The molecule has 1 aliphatic rings. The summed E-state index contributed by atoms with van der Waals surface area (Å²) in [5, 5.41) is 4.00. The molecule has 1 N–H and O–H groups in total. The van der Waals surface area contributed by atoms with E-state index < -0.39 is 17.6 Å². The first-order valence-electron chi connectivity index (χ1n) is 8.41. The second-order valence-electron chi connectivity index (χ2n) is 6.34. The number of nitrogens with zero attached hydrogens (tertiary/aromatic N) is 1. The molecule has 3 aromatic rings. The van der Waals surface area contributed by atoms with E-state index in [0.29, 0.717) is 28.2 Å². The number of benzene rings is 2. The summed E-state index contributed by atoms with van der Waals surface area (Å²) in [6, 6.07) is 15.0. The zero-order valence-electron chi connectivity index (χ0n) is 14.1. The zero-order chi connectivity index (χ0) is 19.0. The Kier molecular flexibility index (Phi) is 4.41. The molecule has 4 rings (SSSR count). The largest absolute Gasteiger partial charge is 0.422 e. The first kappa shape index (κ1) is 17.3. The van der Waals surface area contributed by atoms with Crippen LogP contribution < -0.4 is 15.8 Å². The van der Waals surface area contributed by atoms with Crippen LogP contribution in [0.2, 0.25) is 5.02 Å². The summed E-state index contributed by atoms with van der Waals surface area (Å²) in [5.41, 5.74) is 0.353. The van der Waals surface area contributed by atoms with Gasteiger partial charge in [0, 0.05) is 29.1 Å². The average molecular weight is 383 g/mol. The van der Waals surface area contributed by atoms with Crippen molar-refractivity contribution in [3.8, 4) is 0 Å². The molecule has 1 saturated heterocycles. The Labute approximate surface area is 159 Å². The number of fused-ring (bicyclic) bond motifs is 1. The first-order chi connectivity index (χ1) is 13.0. The van der Waals surface area contributed by atoms with Crippen molar-refractivity contribution in [1.29, 1.82) is 0 Å². The molecule has 0 saturated carbocycles. The average Bonchev–Trinajstić information content (AvgIpc) is 3.01. The van der Waals surface area contributed by atoms with Gasteiger partial charge in [-0.05, 0) is 36.4 Å². The molecule has 136 valence electrons. The summed E-state index contributed by atoms with van der Waals surface area (Å²) in [6.07, 6.45) is 0.160. The molecule has 6 nitrogen and oxygen atoms in total. The topological polar surface area (TPSA) is 79.6 Å². The van der Waals surface area contributed by atoms with Gasteiger partial charge in [0.25, 0.3) is 5.91 Å². The van der Waals surface area contributed by atoms with E-state index in [1.54, 1.807) is 53.4 Å². The maximum absolute atomic E-state index is 12.5. The van der Waals surface area contributed by atoms with Crippen molar-refractivity contribution in [2.75, 3.05) is 11.4 Å². The van der Waals surface area contributed by atoms with E-state index in [-0.39, 0.29) is 17.9 Å². The molecule has 2 amide bonds. The highest BCUT2D eigenvalue weighted by atomic mass is 35.5. The fourth-order valence-electron chi connectivity index (χ4n) is 3.16. The van der Waals surface area contributed by atoms with Gasteiger partial charge in [-0.25, -0.2) is 4.79 Å². The lowest BCUT2D eigenvalue weighted by Gasteiger charge is -2.17. The smallest absolute Gasteiger partial charge is 0.349 e. The number of para-hydroxylation sites is 1. The van der Waals surface area contributed by atoms with E-state index in [2.05, 4.69) is 5.32 Å². The molecule has 7 heteroatoms. The van der Waals surface area contributed by atoms with Crippen molar-refractivity contribution in [2.24, 2.45) is 0 Å². The van der Waals surface area contributed by atoms with Crippen LogP contribution in [0.5, 0.6) is 0 Å². The van der Waals surface area contributed by atoms with Crippen molar-refractivity contribution >= 4 is 40.1 Å². The van der Waals surface area contributed by atoms with Gasteiger partial charge in [-0.1, -0.05) is 29.8 Å². The van der Waals surface area contributed by atoms with Crippen LogP contribution in [0, 0.1) is 0 Å². The van der Waals surface area contributed by atoms with Gasteiger partial charge in [-0.15, -0.1) is 0 Å². The Hall–Kier alpha value is -3.12. The molecule has 1 atom stereocenters. The predicted octanol–water partition coefficient (Wildman–Crippen LogP) is 2.98. The van der Waals surface area contributed by atoms with Crippen LogP contribution in [-0.4, -0.2) is 24.4 Å². The highest BCUT2D eigenvalue weighted by Gasteiger charge is 2.32. The van der Waals surface area contributed by atoms with Crippen LogP contribution in [0.3, 0.4) is 0 Å². The molecule has 0 unspecified atom stereocenters. The number of rotatable bonds is 3. The van der Waals surface area contributed by atoms with Crippen molar-refractivity contribution in [1.82, 2.24) is 5.32 Å². The van der Waals surface area contributed by atoms with Crippen molar-refractivity contribution < 1.29 is 14.0 Å². The summed E-state index contributed by atoms with van der Waals surface area (Å²) in [5.74, 6) is -0.654. The Bertz CT molecular complexity index is 1090. The number of carbonyl (C=O) groups excluding carboxylic acids is 2. The summed E-state index contributed by atoms with van der Waals surface area (Å²) < 4.78 is 5.19. The molecule has 1 aromatic heterocycles. The maximum Gasteiger partial charge on any atom is 0.349 e. The summed E-state index contributed by atoms with van der Waals surface area (Å²) >= 11 is 5.88. The second-order valence-corrected chi connectivity index (χ2v) is 6.78. The number of halogens is 1. The van der Waals surface area contributed by atoms with E-state index in [1.165, 1.54) is 6.07 Å². The third-order valence-electron chi connectivity index (χ3n) is 4.48. The number of hydrogen-bond donors (Lipinski definition) is 1. The van der Waals surface area contributed by atoms with Crippen LogP contribution in [0.15, 0.2) is 63.8 Å². The van der Waals surface area contributed by atoms with E-state index in [4.69, 9.17) is 16.0 Å². The summed E-state index contributed by atoms with van der Waals surface area (Å²) in [6.45, 7) is 0.325. The molecular formula is C20H15ClN2O4. The van der Waals surface area contributed by atoms with E-state index >= 15 is 0 Å². The normalized spacial score (nSPS) is 16.7. The molecule has 2 aromatic carbocycles. The molecule has 0 aliphatic carbocycles. The number of amides is 2. The lowest BCUT2D eigenvalue weighted by molar-refractivity contribution is -0.117. The van der Waals surface area contributed by atoms with Gasteiger partial charge in [-0.3, -0.25) is 9.59 Å². The van der Waals surface area contributed by atoms with Gasteiger partial charge < -0.3 is 14.6 Å². The van der Waals surface area contributed by atoms with Crippen molar-refractivity contribution in [3.63, 3.8) is 0 Å². The van der Waals surface area contributed by atoms with Crippen LogP contribution >= 0.6 is 11.6 Å². The Morgan fingerprint density at radius 3 is 2.63 bits per heavy atom. The molecule has 2 heterocycles. The van der Waals surface area contributed by atoms with Crippen molar-refractivity contribution in [3.05, 3.63) is 75.6 Å². The fraction of sp³-hybridized carbons (Fsp3) is 0.150. The third-order valence-corrected chi connectivity index (χ3v) is 4.74. The van der Waals surface area contributed by atoms with Gasteiger partial charge in [-0.2, -0.15) is 0 Å². The highest BCUT2D eigenvalue weighted by molar-refractivity contribution is 6.30. The van der Waals surface area contributed by atoms with Gasteiger partial charge in [0.15, 0.2) is 0 Å². The third kappa shape index (κ3) is 3.44. The molecule has 1 aliphatic heterocycles. The number of carbonyl (C=O) groups is 2. The maximum atomic E-state index is 12.5. The molecule has 0 bridgehead atoms. The minimum atomic E-state index is -0.704. The van der Waals surface area contributed by atoms with Crippen LogP contribution in [-0.2, 0) is 4.79 Å². The minimum absolute atomic E-state index is 0.0777. The fourth-order valence-corrected chi connectivity index (χ4v) is 3.28. The molecular weight excluding hydrogens is 368 g/mol. The van der Waals surface area contributed by atoms with Gasteiger partial charge in [0.05, 0.1) is 6.04 Å². The van der Waals surface area contributed by atoms with Crippen LogP contribution in [0.1, 0.15) is 16.8 Å². The van der Waals surface area contributed by atoms with E-state index in [1.807, 2.05) is 0 Å². The predicted molar refractivity (Wildman–Crippen MR) is 102 cm³/mol. The molecule has 0 spiro atoms. The number of hydrogen-bond acceptors (Lipinski definition) is 4. The quantitative estimate of drug-likeness (QED) is 0.706.